The number of carbonyl (C=O) groups is 2. The summed E-state index contributed by atoms with van der Waals surface area (Å²) in [5.41, 5.74) is 0.958. The zero-order valence-corrected chi connectivity index (χ0v) is 13.4. The number of likely N-dealkylation sites (tertiary alicyclic amines) is 1. The lowest BCUT2D eigenvalue weighted by Crippen LogP contribution is -2.54. The first-order chi connectivity index (χ1) is 11.7. The van der Waals surface area contributed by atoms with Crippen LogP contribution in [0.15, 0.2) is 53.1 Å². The molecule has 0 saturated carbocycles. The minimum absolute atomic E-state index is 0.0737. The molecule has 1 N–H and O–H groups in total. The molecule has 2 amide bonds. The fourth-order valence-corrected chi connectivity index (χ4v) is 4.06. The standard InChI is InChI=1S/C19H20N2O3/c22-17-13-15(14-5-2-1-3-6-14)19(20-17)8-10-21(11-9-19)18(23)16-7-4-12-24-16/h1-7,12,15H,8-11,13H2,(H,20,22). The zero-order chi connectivity index (χ0) is 16.6. The van der Waals surface area contributed by atoms with Crippen LogP contribution in [-0.2, 0) is 4.79 Å². The largest absolute Gasteiger partial charge is 0.459 e. The molecule has 124 valence electrons. The fourth-order valence-electron chi connectivity index (χ4n) is 4.06. The molecule has 0 aliphatic carbocycles. The molecule has 0 radical (unpaired) electrons. The van der Waals surface area contributed by atoms with E-state index in [1.807, 2.05) is 23.1 Å². The van der Waals surface area contributed by atoms with Crippen LogP contribution >= 0.6 is 0 Å². The number of furan rings is 1. The molecule has 24 heavy (non-hydrogen) atoms. The maximum atomic E-state index is 12.4. The summed E-state index contributed by atoms with van der Waals surface area (Å²) in [5.74, 6) is 0.582. The summed E-state index contributed by atoms with van der Waals surface area (Å²) in [5, 5.41) is 3.21. The molecule has 5 nitrogen and oxygen atoms in total. The van der Waals surface area contributed by atoms with Crippen LogP contribution in [0.2, 0.25) is 0 Å². The molecule has 2 aromatic rings. The fraction of sp³-hybridized carbons (Fsp3) is 0.368. The molecule has 2 saturated heterocycles. The maximum Gasteiger partial charge on any atom is 0.289 e. The summed E-state index contributed by atoms with van der Waals surface area (Å²) in [6, 6.07) is 13.6. The third-order valence-corrected chi connectivity index (χ3v) is 5.32. The van der Waals surface area contributed by atoms with E-state index in [9.17, 15) is 9.59 Å². The number of benzene rings is 1. The Morgan fingerprint density at radius 1 is 1.12 bits per heavy atom. The van der Waals surface area contributed by atoms with Crippen LogP contribution in [0.25, 0.3) is 0 Å². The van der Waals surface area contributed by atoms with E-state index >= 15 is 0 Å². The van der Waals surface area contributed by atoms with E-state index in [4.69, 9.17) is 4.42 Å². The molecule has 2 fully saturated rings. The molecular weight excluding hydrogens is 304 g/mol. The van der Waals surface area contributed by atoms with Crippen LogP contribution in [0.5, 0.6) is 0 Å². The molecule has 1 aromatic carbocycles. The number of hydrogen-bond acceptors (Lipinski definition) is 3. The number of carbonyl (C=O) groups excluding carboxylic acids is 2. The van der Waals surface area contributed by atoms with Gasteiger partial charge in [-0.2, -0.15) is 0 Å². The zero-order valence-electron chi connectivity index (χ0n) is 13.4. The highest BCUT2D eigenvalue weighted by Crippen LogP contribution is 2.43. The predicted octanol–water partition coefficient (Wildman–Crippen LogP) is 2.56. The lowest BCUT2D eigenvalue weighted by Gasteiger charge is -2.42. The van der Waals surface area contributed by atoms with Crippen LogP contribution in [-0.4, -0.2) is 35.3 Å². The summed E-state index contributed by atoms with van der Waals surface area (Å²) in [4.78, 5) is 26.3. The van der Waals surface area contributed by atoms with Crippen molar-refractivity contribution in [2.24, 2.45) is 0 Å². The highest BCUT2D eigenvalue weighted by molar-refractivity contribution is 5.91. The van der Waals surface area contributed by atoms with Gasteiger partial charge in [-0.3, -0.25) is 9.59 Å². The number of amides is 2. The normalized spacial score (nSPS) is 22.6. The third-order valence-electron chi connectivity index (χ3n) is 5.32. The molecule has 1 unspecified atom stereocenters. The van der Waals surface area contributed by atoms with E-state index in [0.717, 1.165) is 12.8 Å². The van der Waals surface area contributed by atoms with E-state index in [1.165, 1.54) is 11.8 Å². The molecule has 3 heterocycles. The van der Waals surface area contributed by atoms with Crippen molar-refractivity contribution >= 4 is 11.8 Å². The van der Waals surface area contributed by atoms with E-state index < -0.39 is 0 Å². The van der Waals surface area contributed by atoms with Gasteiger partial charge in [0.25, 0.3) is 5.91 Å². The maximum absolute atomic E-state index is 12.4. The first kappa shape index (κ1) is 15.0. The summed E-state index contributed by atoms with van der Waals surface area (Å²) in [7, 11) is 0. The van der Waals surface area contributed by atoms with Gasteiger partial charge in [0.2, 0.25) is 5.91 Å². The van der Waals surface area contributed by atoms with Gasteiger partial charge in [-0.25, -0.2) is 0 Å². The first-order valence-electron chi connectivity index (χ1n) is 8.37. The van der Waals surface area contributed by atoms with Crippen molar-refractivity contribution < 1.29 is 14.0 Å². The van der Waals surface area contributed by atoms with Crippen LogP contribution in [0.4, 0.5) is 0 Å². The Labute approximate surface area is 140 Å². The summed E-state index contributed by atoms with van der Waals surface area (Å²) < 4.78 is 5.21. The Morgan fingerprint density at radius 2 is 1.88 bits per heavy atom. The summed E-state index contributed by atoms with van der Waals surface area (Å²) >= 11 is 0. The van der Waals surface area contributed by atoms with Crippen molar-refractivity contribution in [1.29, 1.82) is 0 Å². The van der Waals surface area contributed by atoms with E-state index in [0.29, 0.717) is 25.3 Å². The molecule has 1 spiro atoms. The monoisotopic (exact) mass is 324 g/mol. The average Bonchev–Trinajstić information content (AvgIpc) is 3.24. The van der Waals surface area contributed by atoms with Gasteiger partial charge < -0.3 is 14.6 Å². The molecule has 1 atom stereocenters. The van der Waals surface area contributed by atoms with Gasteiger partial charge in [-0.15, -0.1) is 0 Å². The topological polar surface area (TPSA) is 62.6 Å². The molecule has 2 aliphatic heterocycles. The smallest absolute Gasteiger partial charge is 0.289 e. The van der Waals surface area contributed by atoms with Gasteiger partial charge >= 0.3 is 0 Å². The number of hydrogen-bond donors (Lipinski definition) is 1. The summed E-state index contributed by atoms with van der Waals surface area (Å²) in [6.07, 6.45) is 3.58. The van der Waals surface area contributed by atoms with Crippen molar-refractivity contribution in [2.75, 3.05) is 13.1 Å². The van der Waals surface area contributed by atoms with Crippen molar-refractivity contribution in [3.63, 3.8) is 0 Å². The van der Waals surface area contributed by atoms with Crippen molar-refractivity contribution in [3.05, 3.63) is 60.1 Å². The Balaban J connectivity index is 1.52. The Bertz CT molecular complexity index is 731. The second-order valence-electron chi connectivity index (χ2n) is 6.64. The number of nitrogens with zero attached hydrogens (tertiary/aromatic N) is 1. The van der Waals surface area contributed by atoms with Crippen molar-refractivity contribution in [3.8, 4) is 0 Å². The highest BCUT2D eigenvalue weighted by atomic mass is 16.3. The second kappa shape index (κ2) is 5.82. The Hall–Kier alpha value is -2.56. The molecule has 0 bridgehead atoms. The lowest BCUT2D eigenvalue weighted by molar-refractivity contribution is -0.120. The van der Waals surface area contributed by atoms with Gasteiger partial charge in [0.1, 0.15) is 0 Å². The van der Waals surface area contributed by atoms with Gasteiger partial charge in [0, 0.05) is 25.4 Å². The minimum Gasteiger partial charge on any atom is -0.459 e. The van der Waals surface area contributed by atoms with E-state index in [1.54, 1.807) is 12.1 Å². The SMILES string of the molecule is O=C1CC(c2ccccc2)C2(CCN(C(=O)c3ccco3)CC2)N1. The predicted molar refractivity (Wildman–Crippen MR) is 88.5 cm³/mol. The van der Waals surface area contributed by atoms with E-state index in [-0.39, 0.29) is 23.3 Å². The van der Waals surface area contributed by atoms with E-state index in [2.05, 4.69) is 17.4 Å². The molecule has 2 aliphatic rings. The average molecular weight is 324 g/mol. The molecular formula is C19H20N2O3. The number of piperidine rings is 1. The minimum atomic E-state index is -0.238. The summed E-state index contributed by atoms with van der Waals surface area (Å²) in [6.45, 7) is 1.26. The molecule has 1 aromatic heterocycles. The number of nitrogens with one attached hydrogen (secondary N) is 1. The van der Waals surface area contributed by atoms with Crippen LogP contribution in [0, 0.1) is 0 Å². The highest BCUT2D eigenvalue weighted by Gasteiger charge is 2.49. The molecule has 4 rings (SSSR count). The Kier molecular flexibility index (Phi) is 3.63. The first-order valence-corrected chi connectivity index (χ1v) is 8.37. The Morgan fingerprint density at radius 3 is 2.54 bits per heavy atom. The van der Waals surface area contributed by atoms with Gasteiger partial charge in [-0.05, 0) is 30.5 Å². The van der Waals surface area contributed by atoms with Crippen molar-refractivity contribution in [1.82, 2.24) is 10.2 Å². The number of rotatable bonds is 2. The second-order valence-corrected chi connectivity index (χ2v) is 6.64. The van der Waals surface area contributed by atoms with Crippen LogP contribution in [0.3, 0.4) is 0 Å². The lowest BCUT2D eigenvalue weighted by atomic mass is 9.74. The van der Waals surface area contributed by atoms with Gasteiger partial charge in [0.05, 0.1) is 11.8 Å². The van der Waals surface area contributed by atoms with Gasteiger partial charge in [-0.1, -0.05) is 30.3 Å². The van der Waals surface area contributed by atoms with Crippen LogP contribution in [0.1, 0.15) is 41.3 Å². The van der Waals surface area contributed by atoms with Crippen LogP contribution < -0.4 is 5.32 Å². The quantitative estimate of drug-likeness (QED) is 0.923. The third kappa shape index (κ3) is 2.50. The molecule has 5 heteroatoms. The van der Waals surface area contributed by atoms with Crippen molar-refractivity contribution in [2.45, 2.75) is 30.7 Å². The van der Waals surface area contributed by atoms with Gasteiger partial charge in [0.15, 0.2) is 5.76 Å².